The fourth-order valence-corrected chi connectivity index (χ4v) is 5.65. The lowest BCUT2D eigenvalue weighted by atomic mass is 10.1. The zero-order valence-corrected chi connectivity index (χ0v) is 11.8. The average molecular weight is 318 g/mol. The highest BCUT2D eigenvalue weighted by molar-refractivity contribution is 9.20. The molecule has 16 heavy (non-hydrogen) atoms. The van der Waals surface area contributed by atoms with Crippen LogP contribution in [0.15, 0.2) is 24.3 Å². The van der Waals surface area contributed by atoms with Crippen molar-refractivity contribution in [3.8, 4) is 6.07 Å². The van der Waals surface area contributed by atoms with Crippen LogP contribution in [-0.4, -0.2) is 18.9 Å². The highest BCUT2D eigenvalue weighted by Crippen LogP contribution is 2.17. The van der Waals surface area contributed by atoms with Crippen LogP contribution in [-0.2, 0) is 15.9 Å². The zero-order chi connectivity index (χ0) is 12.2. The fraction of sp³-hybridized carbons (Fsp3) is 0.200. The maximum atomic E-state index is 11.0. The van der Waals surface area contributed by atoms with Gasteiger partial charge in [-0.2, -0.15) is 5.26 Å². The van der Waals surface area contributed by atoms with Crippen molar-refractivity contribution in [1.82, 2.24) is 0 Å². The summed E-state index contributed by atoms with van der Waals surface area (Å²) >= 11 is 3.25. The molecule has 0 aliphatic heterocycles. The van der Waals surface area contributed by atoms with Crippen LogP contribution in [0.1, 0.15) is 11.1 Å². The molecule has 6 heteroatoms. The standard InChI is InChI=1S/C10H9BrNO2PS/c1-16(13,14)15-10(11)6-8-2-4-9(7-12)5-3-8/h2-5H,6H2,1H3. The lowest BCUT2D eigenvalue weighted by Crippen LogP contribution is -1.93. The largest absolute Gasteiger partial charge is 0.220 e. The first-order valence-electron chi connectivity index (χ1n) is 4.34. The second-order valence-corrected chi connectivity index (χ2v) is 9.48. The summed E-state index contributed by atoms with van der Waals surface area (Å²) in [6.07, 6.45) is 1.73. The normalized spacial score (nSPS) is 12.2. The molecule has 0 fully saturated rings. The molecule has 3 nitrogen and oxygen atoms in total. The molecule has 0 radical (unpaired) electrons. The van der Waals surface area contributed by atoms with E-state index in [2.05, 4.69) is 15.9 Å². The molecule has 1 aromatic carbocycles. The third-order valence-corrected chi connectivity index (χ3v) is 5.56. The second kappa shape index (κ2) is 5.58. The van der Waals surface area contributed by atoms with Crippen molar-refractivity contribution in [2.45, 2.75) is 6.42 Å². The van der Waals surface area contributed by atoms with Crippen molar-refractivity contribution in [2.24, 2.45) is 0 Å². The Morgan fingerprint density at radius 3 is 2.44 bits per heavy atom. The van der Waals surface area contributed by atoms with Gasteiger partial charge in [0.25, 0.3) is 0 Å². The SMILES string of the molecule is CS(=O)(=O)P=C(Br)Cc1ccc(C#N)cc1. The van der Waals surface area contributed by atoms with E-state index in [1.807, 2.05) is 18.2 Å². The van der Waals surface area contributed by atoms with E-state index in [4.69, 9.17) is 5.26 Å². The molecular formula is C10H9BrNO2PS. The first-order chi connectivity index (χ1) is 7.40. The van der Waals surface area contributed by atoms with Gasteiger partial charge in [-0.05, 0) is 33.6 Å². The summed E-state index contributed by atoms with van der Waals surface area (Å²) in [6, 6.07) is 9.09. The Balaban J connectivity index is 2.82. The van der Waals surface area contributed by atoms with Crippen LogP contribution in [0, 0.1) is 11.3 Å². The lowest BCUT2D eigenvalue weighted by Gasteiger charge is -1.99. The highest BCUT2D eigenvalue weighted by atomic mass is 79.9. The number of halogens is 1. The summed E-state index contributed by atoms with van der Waals surface area (Å²) in [7, 11) is -2.73. The molecule has 0 aliphatic carbocycles. The van der Waals surface area contributed by atoms with E-state index in [-0.39, 0.29) is 0 Å². The molecule has 0 atom stereocenters. The first kappa shape index (κ1) is 13.4. The molecule has 1 aromatic rings. The number of hydrogen-bond acceptors (Lipinski definition) is 3. The maximum absolute atomic E-state index is 11.0. The minimum absolute atomic E-state index is 0.291. The molecule has 0 aliphatic rings. The molecule has 0 N–H and O–H groups in total. The Hall–Kier alpha value is -0.690. The number of hydrogen-bond donors (Lipinski definition) is 0. The average Bonchev–Trinajstić information content (AvgIpc) is 2.16. The van der Waals surface area contributed by atoms with Gasteiger partial charge in [0.1, 0.15) is 0 Å². The topological polar surface area (TPSA) is 57.9 Å². The van der Waals surface area contributed by atoms with E-state index in [1.54, 1.807) is 12.1 Å². The second-order valence-electron chi connectivity index (χ2n) is 3.19. The smallest absolute Gasteiger partial charge is 0.191 e. The van der Waals surface area contributed by atoms with Crippen LogP contribution in [0.3, 0.4) is 0 Å². The van der Waals surface area contributed by atoms with Gasteiger partial charge in [-0.1, -0.05) is 12.1 Å². The van der Waals surface area contributed by atoms with Crippen LogP contribution >= 0.6 is 23.3 Å². The van der Waals surface area contributed by atoms with Gasteiger partial charge in [0.05, 0.1) is 11.6 Å². The molecule has 0 saturated carbocycles. The van der Waals surface area contributed by atoms with Gasteiger partial charge in [0.2, 0.25) is 0 Å². The molecular weight excluding hydrogens is 309 g/mol. The van der Waals surface area contributed by atoms with Crippen molar-refractivity contribution in [1.29, 1.82) is 5.26 Å². The molecule has 0 heterocycles. The van der Waals surface area contributed by atoms with E-state index in [0.29, 0.717) is 23.6 Å². The summed E-state index contributed by atoms with van der Waals surface area (Å²) in [5.74, 6) is 0. The predicted molar refractivity (Wildman–Crippen MR) is 70.6 cm³/mol. The van der Waals surface area contributed by atoms with Crippen molar-refractivity contribution in [3.05, 3.63) is 35.4 Å². The third kappa shape index (κ3) is 4.89. The van der Waals surface area contributed by atoms with E-state index in [1.165, 1.54) is 6.26 Å². The van der Waals surface area contributed by atoms with Crippen molar-refractivity contribution < 1.29 is 8.42 Å². The minimum atomic E-state index is -3.02. The Labute approximate surface area is 105 Å². The van der Waals surface area contributed by atoms with Crippen molar-refractivity contribution >= 4 is 37.0 Å². The third-order valence-electron chi connectivity index (χ3n) is 1.70. The summed E-state index contributed by atoms with van der Waals surface area (Å²) in [4.78, 5) is 0. The van der Waals surface area contributed by atoms with Crippen LogP contribution in [0.4, 0.5) is 0 Å². The molecule has 0 amide bonds. The molecule has 0 spiro atoms. The summed E-state index contributed by atoms with van der Waals surface area (Å²) in [5.41, 5.74) is 1.57. The van der Waals surface area contributed by atoms with Crippen LogP contribution < -0.4 is 0 Å². The molecule has 0 unspecified atom stereocenters. The number of rotatable bonds is 3. The summed E-state index contributed by atoms with van der Waals surface area (Å²) in [5, 5.41) is 8.62. The van der Waals surface area contributed by atoms with Gasteiger partial charge in [0, 0.05) is 24.3 Å². The quantitative estimate of drug-likeness (QED) is 0.805. The predicted octanol–water partition coefficient (Wildman–Crippen LogP) is 2.53. The highest BCUT2D eigenvalue weighted by Gasteiger charge is 2.02. The zero-order valence-electron chi connectivity index (χ0n) is 8.51. The van der Waals surface area contributed by atoms with Crippen LogP contribution in [0.25, 0.3) is 0 Å². The maximum Gasteiger partial charge on any atom is 0.191 e. The van der Waals surface area contributed by atoms with Crippen LogP contribution in [0.2, 0.25) is 0 Å². The van der Waals surface area contributed by atoms with Crippen molar-refractivity contribution in [2.75, 3.05) is 6.26 Å². The Kier molecular flexibility index (Phi) is 4.67. The van der Waals surface area contributed by atoms with Crippen LogP contribution in [0.5, 0.6) is 0 Å². The van der Waals surface area contributed by atoms with E-state index in [0.717, 1.165) is 5.56 Å². The van der Waals surface area contributed by atoms with Gasteiger partial charge in [-0.3, -0.25) is 0 Å². The summed E-state index contributed by atoms with van der Waals surface area (Å²) < 4.78 is 22.7. The van der Waals surface area contributed by atoms with Gasteiger partial charge < -0.3 is 0 Å². The Morgan fingerprint density at radius 2 is 2.00 bits per heavy atom. The molecule has 84 valence electrons. The van der Waals surface area contributed by atoms with Crippen molar-refractivity contribution in [3.63, 3.8) is 0 Å². The lowest BCUT2D eigenvalue weighted by molar-refractivity contribution is 0.615. The molecule has 1 rings (SSSR count). The van der Waals surface area contributed by atoms with E-state index < -0.39 is 9.46 Å². The van der Waals surface area contributed by atoms with E-state index in [9.17, 15) is 8.42 Å². The number of nitriles is 1. The minimum Gasteiger partial charge on any atom is -0.220 e. The van der Waals surface area contributed by atoms with Gasteiger partial charge in [0.15, 0.2) is 9.46 Å². The van der Waals surface area contributed by atoms with Gasteiger partial charge >= 0.3 is 0 Å². The number of nitrogens with zero attached hydrogens (tertiary/aromatic N) is 1. The molecule has 0 aromatic heterocycles. The fourth-order valence-electron chi connectivity index (χ4n) is 1.08. The number of benzene rings is 1. The monoisotopic (exact) mass is 317 g/mol. The van der Waals surface area contributed by atoms with Gasteiger partial charge in [-0.15, -0.1) is 0 Å². The van der Waals surface area contributed by atoms with Gasteiger partial charge in [-0.25, -0.2) is 8.42 Å². The Bertz CT molecular complexity index is 543. The molecule has 0 saturated heterocycles. The van der Waals surface area contributed by atoms with E-state index >= 15 is 0 Å². The Morgan fingerprint density at radius 1 is 1.44 bits per heavy atom. The first-order valence-corrected chi connectivity index (χ1v) is 8.52. The summed E-state index contributed by atoms with van der Waals surface area (Å²) in [6.45, 7) is 0. The molecule has 0 bridgehead atoms.